The molecule has 14 heavy (non-hydrogen) atoms. The average molecular weight is 197 g/mol. The number of hydrogen-bond donors (Lipinski definition) is 0. The molecule has 0 spiro atoms. The van der Waals surface area contributed by atoms with E-state index in [1.54, 1.807) is 0 Å². The highest BCUT2D eigenvalue weighted by Gasteiger charge is 2.25. The monoisotopic (exact) mass is 197 g/mol. The van der Waals surface area contributed by atoms with Crippen molar-refractivity contribution >= 4 is 5.91 Å². The van der Waals surface area contributed by atoms with Crippen molar-refractivity contribution in [2.45, 2.75) is 46.5 Å². The number of carbonyl (C=O) groups excluding carboxylic acids is 1. The molecule has 0 N–H and O–H groups in total. The van der Waals surface area contributed by atoms with Gasteiger partial charge in [0.05, 0.1) is 0 Å². The second-order valence-electron chi connectivity index (χ2n) is 4.66. The predicted octanol–water partition coefficient (Wildman–Crippen LogP) is 2.68. The van der Waals surface area contributed by atoms with Gasteiger partial charge in [0, 0.05) is 19.5 Å². The summed E-state index contributed by atoms with van der Waals surface area (Å²) in [6.45, 7) is 8.54. The third kappa shape index (κ3) is 3.00. The van der Waals surface area contributed by atoms with Crippen LogP contribution in [0.4, 0.5) is 0 Å². The summed E-state index contributed by atoms with van der Waals surface area (Å²) >= 11 is 0. The summed E-state index contributed by atoms with van der Waals surface area (Å²) in [5.74, 6) is 1.78. The van der Waals surface area contributed by atoms with Crippen molar-refractivity contribution in [1.29, 1.82) is 0 Å². The second kappa shape index (κ2) is 5.38. The van der Waals surface area contributed by atoms with Crippen LogP contribution >= 0.6 is 0 Å². The van der Waals surface area contributed by atoms with E-state index in [1.807, 2.05) is 0 Å². The van der Waals surface area contributed by atoms with Gasteiger partial charge < -0.3 is 4.90 Å². The van der Waals surface area contributed by atoms with Gasteiger partial charge in [-0.2, -0.15) is 0 Å². The van der Waals surface area contributed by atoms with E-state index in [-0.39, 0.29) is 0 Å². The second-order valence-corrected chi connectivity index (χ2v) is 4.66. The summed E-state index contributed by atoms with van der Waals surface area (Å²) in [7, 11) is 0. The van der Waals surface area contributed by atoms with Crippen LogP contribution in [0.2, 0.25) is 0 Å². The standard InChI is InChI=1S/C12H23NO/c1-4-6-12(14)13-8-10(3)7-11(5-2)9-13/h10-11H,4-9H2,1-3H3. The average Bonchev–Trinajstić information content (AvgIpc) is 2.17. The third-order valence-corrected chi connectivity index (χ3v) is 3.14. The lowest BCUT2D eigenvalue weighted by atomic mass is 9.88. The maximum Gasteiger partial charge on any atom is 0.222 e. The summed E-state index contributed by atoms with van der Waals surface area (Å²) in [6.07, 6.45) is 4.20. The Labute approximate surface area is 87.7 Å². The molecule has 0 aromatic rings. The highest BCUT2D eigenvalue weighted by atomic mass is 16.2. The van der Waals surface area contributed by atoms with Crippen LogP contribution in [0.5, 0.6) is 0 Å². The Bertz CT molecular complexity index is 191. The number of rotatable bonds is 3. The zero-order chi connectivity index (χ0) is 10.6. The molecule has 1 fully saturated rings. The Balaban J connectivity index is 2.48. The zero-order valence-electron chi connectivity index (χ0n) is 9.75. The van der Waals surface area contributed by atoms with Gasteiger partial charge in [-0.15, -0.1) is 0 Å². The molecule has 2 unspecified atom stereocenters. The van der Waals surface area contributed by atoms with Crippen LogP contribution in [0.1, 0.15) is 46.5 Å². The summed E-state index contributed by atoms with van der Waals surface area (Å²) in [6, 6.07) is 0. The fraction of sp³-hybridized carbons (Fsp3) is 0.917. The molecule has 1 aliphatic heterocycles. The largest absolute Gasteiger partial charge is 0.342 e. The van der Waals surface area contributed by atoms with Gasteiger partial charge in [0.1, 0.15) is 0 Å². The molecule has 0 aliphatic carbocycles. The number of hydrogen-bond acceptors (Lipinski definition) is 1. The fourth-order valence-corrected chi connectivity index (χ4v) is 2.35. The first-order valence-corrected chi connectivity index (χ1v) is 5.95. The van der Waals surface area contributed by atoms with E-state index in [1.165, 1.54) is 12.8 Å². The van der Waals surface area contributed by atoms with E-state index in [9.17, 15) is 4.79 Å². The fourth-order valence-electron chi connectivity index (χ4n) is 2.35. The molecule has 0 bridgehead atoms. The molecule has 0 saturated carbocycles. The summed E-state index contributed by atoms with van der Waals surface area (Å²) in [4.78, 5) is 13.8. The molecular formula is C12H23NO. The van der Waals surface area contributed by atoms with Crippen LogP contribution < -0.4 is 0 Å². The van der Waals surface area contributed by atoms with Gasteiger partial charge in [-0.1, -0.05) is 27.2 Å². The van der Waals surface area contributed by atoms with Crippen LogP contribution in [0.25, 0.3) is 0 Å². The van der Waals surface area contributed by atoms with Crippen molar-refractivity contribution in [3.05, 3.63) is 0 Å². The normalized spacial score (nSPS) is 27.8. The molecule has 0 aromatic heterocycles. The number of likely N-dealkylation sites (tertiary alicyclic amines) is 1. The first-order chi connectivity index (χ1) is 6.67. The Morgan fingerprint density at radius 1 is 1.36 bits per heavy atom. The maximum absolute atomic E-state index is 11.7. The van der Waals surface area contributed by atoms with E-state index in [0.29, 0.717) is 11.8 Å². The smallest absolute Gasteiger partial charge is 0.222 e. The number of carbonyl (C=O) groups is 1. The van der Waals surface area contributed by atoms with Crippen molar-refractivity contribution in [2.24, 2.45) is 11.8 Å². The van der Waals surface area contributed by atoms with Crippen LogP contribution in [-0.4, -0.2) is 23.9 Å². The van der Waals surface area contributed by atoms with E-state index in [0.717, 1.165) is 31.8 Å². The quantitative estimate of drug-likeness (QED) is 0.681. The third-order valence-electron chi connectivity index (χ3n) is 3.14. The number of nitrogens with zero attached hydrogens (tertiary/aromatic N) is 1. The minimum absolute atomic E-state index is 0.359. The lowest BCUT2D eigenvalue weighted by Crippen LogP contribution is -2.43. The summed E-state index contributed by atoms with van der Waals surface area (Å²) in [5.41, 5.74) is 0. The zero-order valence-corrected chi connectivity index (χ0v) is 9.75. The van der Waals surface area contributed by atoms with E-state index in [2.05, 4.69) is 25.7 Å². The van der Waals surface area contributed by atoms with Crippen LogP contribution in [-0.2, 0) is 4.79 Å². The molecule has 1 amide bonds. The highest BCUT2D eigenvalue weighted by Crippen LogP contribution is 2.24. The van der Waals surface area contributed by atoms with E-state index >= 15 is 0 Å². The molecular weight excluding hydrogens is 174 g/mol. The predicted molar refractivity (Wildman–Crippen MR) is 59.1 cm³/mol. The Morgan fingerprint density at radius 2 is 2.07 bits per heavy atom. The Morgan fingerprint density at radius 3 is 2.64 bits per heavy atom. The molecule has 0 radical (unpaired) electrons. The van der Waals surface area contributed by atoms with Crippen molar-refractivity contribution in [2.75, 3.05) is 13.1 Å². The molecule has 1 aliphatic rings. The molecule has 1 saturated heterocycles. The van der Waals surface area contributed by atoms with Crippen LogP contribution in [0.3, 0.4) is 0 Å². The number of amides is 1. The van der Waals surface area contributed by atoms with Gasteiger partial charge in [0.2, 0.25) is 5.91 Å². The highest BCUT2D eigenvalue weighted by molar-refractivity contribution is 5.76. The van der Waals surface area contributed by atoms with Crippen LogP contribution in [0, 0.1) is 11.8 Å². The summed E-state index contributed by atoms with van der Waals surface area (Å²) in [5, 5.41) is 0. The van der Waals surface area contributed by atoms with Gasteiger partial charge in [0.25, 0.3) is 0 Å². The van der Waals surface area contributed by atoms with Crippen molar-refractivity contribution < 1.29 is 4.79 Å². The Kier molecular flexibility index (Phi) is 4.43. The lowest BCUT2D eigenvalue weighted by Gasteiger charge is -2.36. The maximum atomic E-state index is 11.7. The molecule has 82 valence electrons. The molecule has 2 heteroatoms. The first-order valence-electron chi connectivity index (χ1n) is 5.95. The topological polar surface area (TPSA) is 20.3 Å². The lowest BCUT2D eigenvalue weighted by molar-refractivity contribution is -0.134. The Hall–Kier alpha value is -0.530. The molecule has 1 rings (SSSR count). The van der Waals surface area contributed by atoms with E-state index in [4.69, 9.17) is 0 Å². The SMILES string of the molecule is CCCC(=O)N1CC(C)CC(CC)C1. The van der Waals surface area contributed by atoms with Gasteiger partial charge in [-0.25, -0.2) is 0 Å². The van der Waals surface area contributed by atoms with Crippen molar-refractivity contribution in [1.82, 2.24) is 4.90 Å². The first kappa shape index (κ1) is 11.5. The van der Waals surface area contributed by atoms with Crippen molar-refractivity contribution in [3.63, 3.8) is 0 Å². The molecule has 1 heterocycles. The van der Waals surface area contributed by atoms with Crippen LogP contribution in [0.15, 0.2) is 0 Å². The van der Waals surface area contributed by atoms with Gasteiger partial charge in [-0.3, -0.25) is 4.79 Å². The molecule has 0 aromatic carbocycles. The molecule has 2 atom stereocenters. The van der Waals surface area contributed by atoms with E-state index < -0.39 is 0 Å². The van der Waals surface area contributed by atoms with Gasteiger partial charge in [-0.05, 0) is 24.7 Å². The number of piperidine rings is 1. The molecule has 2 nitrogen and oxygen atoms in total. The van der Waals surface area contributed by atoms with Gasteiger partial charge >= 0.3 is 0 Å². The minimum Gasteiger partial charge on any atom is -0.342 e. The minimum atomic E-state index is 0.359. The van der Waals surface area contributed by atoms with Gasteiger partial charge in [0.15, 0.2) is 0 Å². The van der Waals surface area contributed by atoms with Crippen molar-refractivity contribution in [3.8, 4) is 0 Å². The summed E-state index contributed by atoms with van der Waals surface area (Å²) < 4.78 is 0.